The number of halogens is 2. The van der Waals surface area contributed by atoms with E-state index in [9.17, 15) is 9.59 Å². The zero-order valence-corrected chi connectivity index (χ0v) is 24.0. The van der Waals surface area contributed by atoms with E-state index in [1.54, 1.807) is 43.5 Å². The van der Waals surface area contributed by atoms with Crippen LogP contribution >= 0.6 is 23.2 Å². The monoisotopic (exact) mass is 595 g/mol. The van der Waals surface area contributed by atoms with Gasteiger partial charge >= 0.3 is 6.03 Å². The molecule has 3 amide bonds. The predicted molar refractivity (Wildman–Crippen MR) is 160 cm³/mol. The van der Waals surface area contributed by atoms with Gasteiger partial charge in [-0.3, -0.25) is 14.7 Å². The minimum Gasteiger partial charge on any atom is -0.495 e. The van der Waals surface area contributed by atoms with Crippen LogP contribution in [-0.2, 0) is 11.3 Å². The number of carbonyl (C=O) groups excluding carboxylic acids is 2. The van der Waals surface area contributed by atoms with Crippen LogP contribution in [0.3, 0.4) is 0 Å². The Balaban J connectivity index is 1.69. The average Bonchev–Trinajstić information content (AvgIpc) is 2.99. The van der Waals surface area contributed by atoms with E-state index in [2.05, 4.69) is 30.9 Å². The van der Waals surface area contributed by atoms with E-state index in [-0.39, 0.29) is 45.5 Å². The number of methoxy groups -OCH3 is 2. The molecule has 2 aromatic heterocycles. The molecule has 2 heterocycles. The summed E-state index contributed by atoms with van der Waals surface area (Å²) in [6.07, 6.45) is 3.27. The second-order valence-electron chi connectivity index (χ2n) is 8.46. The van der Waals surface area contributed by atoms with Gasteiger partial charge in [0.25, 0.3) is 0 Å². The van der Waals surface area contributed by atoms with Crippen molar-refractivity contribution in [2.24, 2.45) is 0 Å². The summed E-state index contributed by atoms with van der Waals surface area (Å²) in [5.74, 6) is 1.03. The number of carbonyl (C=O) groups is 2. The first-order chi connectivity index (χ1) is 19.8. The minimum atomic E-state index is -0.602. The molecule has 0 aliphatic rings. The van der Waals surface area contributed by atoms with E-state index in [0.29, 0.717) is 29.3 Å². The van der Waals surface area contributed by atoms with Gasteiger partial charge in [0.05, 0.1) is 43.5 Å². The first kappa shape index (κ1) is 29.4. The number of pyridine rings is 1. The Morgan fingerprint density at radius 3 is 2.20 bits per heavy atom. The van der Waals surface area contributed by atoms with E-state index in [1.165, 1.54) is 31.5 Å². The molecule has 0 radical (unpaired) electrons. The van der Waals surface area contributed by atoms with Crippen molar-refractivity contribution in [2.75, 3.05) is 35.1 Å². The average molecular weight is 596 g/mol. The second kappa shape index (κ2) is 13.6. The van der Waals surface area contributed by atoms with Gasteiger partial charge in [-0.1, -0.05) is 48.3 Å². The van der Waals surface area contributed by atoms with Gasteiger partial charge in [0, 0.05) is 24.8 Å². The van der Waals surface area contributed by atoms with Crippen LogP contribution in [0.15, 0.2) is 67.1 Å². The number of aromatic nitrogens is 3. The van der Waals surface area contributed by atoms with Crippen LogP contribution in [0, 0.1) is 0 Å². The van der Waals surface area contributed by atoms with Gasteiger partial charge in [0.2, 0.25) is 5.91 Å². The number of ether oxygens (including phenoxy) is 2. The molecule has 0 bridgehead atoms. The topological polar surface area (TPSA) is 131 Å². The molecule has 212 valence electrons. The summed E-state index contributed by atoms with van der Waals surface area (Å²) >= 11 is 13.0. The SMILES string of the molecule is CCC(=O)Nc1ccccc1Nc1cc(N(Cc2ccccn2)C(=O)Nc2c(Cl)c(OC)cc(OC)c2Cl)ncn1. The van der Waals surface area contributed by atoms with Crippen molar-refractivity contribution in [2.45, 2.75) is 19.9 Å². The highest BCUT2D eigenvalue weighted by Crippen LogP contribution is 2.44. The van der Waals surface area contributed by atoms with Crippen molar-refractivity contribution in [1.82, 2.24) is 15.0 Å². The van der Waals surface area contributed by atoms with Gasteiger partial charge in [-0.25, -0.2) is 14.8 Å². The molecule has 4 rings (SSSR count). The largest absolute Gasteiger partial charge is 0.495 e. The van der Waals surface area contributed by atoms with Crippen molar-refractivity contribution < 1.29 is 19.1 Å². The molecular weight excluding hydrogens is 569 g/mol. The lowest BCUT2D eigenvalue weighted by Crippen LogP contribution is -2.35. The second-order valence-corrected chi connectivity index (χ2v) is 9.21. The molecule has 3 N–H and O–H groups in total. The third-order valence-corrected chi connectivity index (χ3v) is 6.56. The Labute approximate surface area is 246 Å². The third kappa shape index (κ3) is 7.13. The molecule has 0 unspecified atom stereocenters. The van der Waals surface area contributed by atoms with Crippen molar-refractivity contribution in [3.8, 4) is 11.5 Å². The van der Waals surface area contributed by atoms with Gasteiger partial charge < -0.3 is 25.4 Å². The van der Waals surface area contributed by atoms with Crippen LogP contribution in [0.4, 0.5) is 33.5 Å². The summed E-state index contributed by atoms with van der Waals surface area (Å²) < 4.78 is 10.6. The first-order valence-electron chi connectivity index (χ1n) is 12.4. The number of nitrogens with zero attached hydrogens (tertiary/aromatic N) is 4. The lowest BCUT2D eigenvalue weighted by Gasteiger charge is -2.24. The summed E-state index contributed by atoms with van der Waals surface area (Å²) in [6.45, 7) is 1.83. The molecule has 2 aromatic carbocycles. The molecule has 13 heteroatoms. The van der Waals surface area contributed by atoms with Gasteiger partial charge in [-0.2, -0.15) is 0 Å². The summed E-state index contributed by atoms with van der Waals surface area (Å²) in [5, 5.41) is 8.99. The summed E-state index contributed by atoms with van der Waals surface area (Å²) in [7, 11) is 2.88. The lowest BCUT2D eigenvalue weighted by atomic mass is 10.2. The third-order valence-electron chi connectivity index (χ3n) is 5.81. The van der Waals surface area contributed by atoms with Crippen LogP contribution in [0.25, 0.3) is 0 Å². The highest BCUT2D eigenvalue weighted by Gasteiger charge is 2.24. The predicted octanol–water partition coefficient (Wildman–Crippen LogP) is 6.53. The Morgan fingerprint density at radius 2 is 1.56 bits per heavy atom. The number of urea groups is 1. The molecule has 0 saturated heterocycles. The fourth-order valence-electron chi connectivity index (χ4n) is 3.72. The van der Waals surface area contributed by atoms with Gasteiger partial charge in [-0.05, 0) is 24.3 Å². The Hall–Kier alpha value is -4.61. The number of anilines is 5. The highest BCUT2D eigenvalue weighted by atomic mass is 35.5. The van der Waals surface area contributed by atoms with E-state index in [4.69, 9.17) is 32.7 Å². The van der Waals surface area contributed by atoms with E-state index in [0.717, 1.165) is 0 Å². The molecule has 0 spiro atoms. The molecule has 0 aliphatic heterocycles. The molecule has 11 nitrogen and oxygen atoms in total. The molecule has 0 atom stereocenters. The Kier molecular flexibility index (Phi) is 9.77. The normalized spacial score (nSPS) is 10.5. The summed E-state index contributed by atoms with van der Waals surface area (Å²) in [4.78, 5) is 40.1. The number of benzene rings is 2. The molecule has 41 heavy (non-hydrogen) atoms. The number of amides is 3. The Bertz CT molecular complexity index is 1510. The van der Waals surface area contributed by atoms with E-state index in [1.807, 2.05) is 18.2 Å². The zero-order valence-electron chi connectivity index (χ0n) is 22.4. The number of hydrogen-bond donors (Lipinski definition) is 3. The number of nitrogens with one attached hydrogen (secondary N) is 3. The molecular formula is C28H27Cl2N7O4. The molecule has 0 aliphatic carbocycles. The zero-order chi connectivity index (χ0) is 29.4. The molecule has 4 aromatic rings. The lowest BCUT2D eigenvalue weighted by molar-refractivity contribution is -0.115. The van der Waals surface area contributed by atoms with Crippen LogP contribution in [-0.4, -0.2) is 41.1 Å². The molecule has 0 saturated carbocycles. The van der Waals surface area contributed by atoms with Gasteiger partial charge in [0.1, 0.15) is 39.5 Å². The van der Waals surface area contributed by atoms with E-state index < -0.39 is 6.03 Å². The standard InChI is InChI=1S/C28H27Cl2N7O4/c1-4-24(38)35-19-11-6-5-10-18(19)34-22-14-23(33-16-32-22)37(15-17-9-7-8-12-31-17)28(39)36-27-25(29)20(40-2)13-21(41-3)26(27)30/h5-14,16H,4,15H2,1-3H3,(H,35,38)(H,36,39)(H,32,33,34). The smallest absolute Gasteiger partial charge is 0.327 e. The summed E-state index contributed by atoms with van der Waals surface area (Å²) in [5.41, 5.74) is 1.90. The maximum absolute atomic E-state index is 13.8. The highest BCUT2D eigenvalue weighted by molar-refractivity contribution is 6.41. The van der Waals surface area contributed by atoms with Crippen molar-refractivity contribution >= 4 is 63.8 Å². The van der Waals surface area contributed by atoms with Gasteiger partial charge in [-0.15, -0.1) is 0 Å². The van der Waals surface area contributed by atoms with Crippen LogP contribution < -0.4 is 30.3 Å². The number of hydrogen-bond acceptors (Lipinski definition) is 8. The first-order valence-corrected chi connectivity index (χ1v) is 13.2. The van der Waals surface area contributed by atoms with Crippen LogP contribution in [0.2, 0.25) is 10.0 Å². The maximum Gasteiger partial charge on any atom is 0.327 e. The number of para-hydroxylation sites is 2. The number of rotatable bonds is 10. The fourth-order valence-corrected chi connectivity index (χ4v) is 4.32. The minimum absolute atomic E-state index is 0.0581. The maximum atomic E-state index is 13.8. The van der Waals surface area contributed by atoms with Crippen molar-refractivity contribution in [3.63, 3.8) is 0 Å². The van der Waals surface area contributed by atoms with Crippen molar-refractivity contribution in [3.05, 3.63) is 82.9 Å². The quantitative estimate of drug-likeness (QED) is 0.189. The van der Waals surface area contributed by atoms with Gasteiger partial charge in [0.15, 0.2) is 0 Å². The van der Waals surface area contributed by atoms with Crippen LogP contribution in [0.5, 0.6) is 11.5 Å². The summed E-state index contributed by atoms with van der Waals surface area (Å²) in [6, 6.07) is 15.1. The Morgan fingerprint density at radius 1 is 0.878 bits per heavy atom. The van der Waals surface area contributed by atoms with Crippen molar-refractivity contribution in [1.29, 1.82) is 0 Å². The molecule has 0 fully saturated rings. The fraction of sp³-hybridized carbons (Fsp3) is 0.179. The van der Waals surface area contributed by atoms with E-state index >= 15 is 0 Å². The van der Waals surface area contributed by atoms with Crippen LogP contribution in [0.1, 0.15) is 19.0 Å².